The first-order chi connectivity index (χ1) is 16.6. The van der Waals surface area contributed by atoms with Gasteiger partial charge in [-0.05, 0) is 35.1 Å². The number of nitrogens with one attached hydrogen (secondary N) is 2. The second-order valence-electron chi connectivity index (χ2n) is 8.09. The van der Waals surface area contributed by atoms with Crippen LogP contribution in [0.1, 0.15) is 36.3 Å². The van der Waals surface area contributed by atoms with E-state index in [1.54, 1.807) is 0 Å². The van der Waals surface area contributed by atoms with Crippen LogP contribution in [-0.2, 0) is 14.3 Å². The van der Waals surface area contributed by atoms with Crippen molar-refractivity contribution in [2.45, 2.75) is 43.5 Å². The molecule has 0 bridgehead atoms. The number of aliphatic hydroxyl groups excluding tert-OH is 1. The van der Waals surface area contributed by atoms with Gasteiger partial charge in [0.1, 0.15) is 12.6 Å². The van der Waals surface area contributed by atoms with E-state index in [4.69, 9.17) is 14.9 Å². The Hall–Kier alpha value is -3.60. The molecule has 1 aliphatic rings. The van der Waals surface area contributed by atoms with Gasteiger partial charge in [0.05, 0.1) is 0 Å². The normalized spacial score (nSPS) is 14.4. The van der Waals surface area contributed by atoms with Gasteiger partial charge in [0.15, 0.2) is 6.10 Å². The van der Waals surface area contributed by atoms with Crippen LogP contribution in [0.4, 0.5) is 18.0 Å². The van der Waals surface area contributed by atoms with Crippen LogP contribution in [0.3, 0.4) is 0 Å². The lowest BCUT2D eigenvalue weighted by molar-refractivity contribution is -0.205. The Morgan fingerprint density at radius 1 is 0.971 bits per heavy atom. The predicted molar refractivity (Wildman–Crippen MR) is 119 cm³/mol. The third-order valence-corrected chi connectivity index (χ3v) is 5.69. The quantitative estimate of drug-likeness (QED) is 0.402. The number of aliphatic hydroxyl groups is 1. The lowest BCUT2D eigenvalue weighted by atomic mass is 9.98. The summed E-state index contributed by atoms with van der Waals surface area (Å²) in [5.41, 5.74) is 4.00. The number of aliphatic carboxylic acids is 1. The minimum absolute atomic E-state index is 0.0368. The van der Waals surface area contributed by atoms with Gasteiger partial charge in [-0.1, -0.05) is 48.5 Å². The summed E-state index contributed by atoms with van der Waals surface area (Å²) in [6.45, 7) is -0.555. The lowest BCUT2D eigenvalue weighted by Crippen LogP contribution is -2.48. The number of carbonyl (C=O) groups excluding carboxylic acids is 2. The van der Waals surface area contributed by atoms with Gasteiger partial charge in [0, 0.05) is 18.9 Å². The average Bonchev–Trinajstić information content (AvgIpc) is 3.13. The maximum absolute atomic E-state index is 12.4. The summed E-state index contributed by atoms with van der Waals surface area (Å²) < 4.78 is 42.6. The zero-order chi connectivity index (χ0) is 25.6. The molecule has 2 aromatic carbocycles. The zero-order valence-electron chi connectivity index (χ0n) is 18.5. The number of hydrogen-bond donors (Lipinski definition) is 4. The van der Waals surface area contributed by atoms with Crippen molar-refractivity contribution in [2.24, 2.45) is 0 Å². The fraction of sp³-hybridized carbons (Fsp3) is 0.375. The topological polar surface area (TPSA) is 125 Å². The van der Waals surface area contributed by atoms with Gasteiger partial charge < -0.3 is 25.6 Å². The molecule has 0 spiro atoms. The molecule has 188 valence electrons. The van der Waals surface area contributed by atoms with E-state index in [1.807, 2.05) is 48.5 Å². The first-order valence-electron chi connectivity index (χ1n) is 10.9. The highest BCUT2D eigenvalue weighted by molar-refractivity contribution is 5.86. The smallest absolute Gasteiger partial charge is 0.414 e. The number of halogens is 3. The van der Waals surface area contributed by atoms with Gasteiger partial charge in [0.2, 0.25) is 5.91 Å². The minimum atomic E-state index is -4.83. The molecule has 0 saturated heterocycles. The van der Waals surface area contributed by atoms with Gasteiger partial charge in [-0.2, -0.15) is 13.2 Å². The van der Waals surface area contributed by atoms with Crippen LogP contribution < -0.4 is 10.6 Å². The molecule has 0 saturated carbocycles. The number of amides is 2. The molecular formula is C24H25F3N2O6. The van der Waals surface area contributed by atoms with Crippen LogP contribution in [0.25, 0.3) is 11.1 Å². The van der Waals surface area contributed by atoms with Gasteiger partial charge in [-0.15, -0.1) is 0 Å². The fourth-order valence-electron chi connectivity index (χ4n) is 3.94. The van der Waals surface area contributed by atoms with Crippen molar-refractivity contribution in [1.82, 2.24) is 10.6 Å². The Labute approximate surface area is 199 Å². The summed E-state index contributed by atoms with van der Waals surface area (Å²) in [4.78, 5) is 35.7. The highest BCUT2D eigenvalue weighted by atomic mass is 19.4. The molecule has 35 heavy (non-hydrogen) atoms. The van der Waals surface area contributed by atoms with Crippen LogP contribution in [0.5, 0.6) is 0 Å². The summed E-state index contributed by atoms with van der Waals surface area (Å²) in [5.74, 6) is -2.33. The molecule has 8 nitrogen and oxygen atoms in total. The summed E-state index contributed by atoms with van der Waals surface area (Å²) in [5, 5.41) is 22.4. The summed E-state index contributed by atoms with van der Waals surface area (Å²) in [6.07, 6.45) is -9.96. The standard InChI is InChI=1S/C24H25F3N2O6/c25-24(26,27)20(30)11-12-28-22(33)19(9-10-21(31)32)29-23(34)35-13-18-16-7-3-1-5-14(16)15-6-2-4-8-17(15)18/h1-8,18-20,30H,9-13H2,(H,28,33)(H,29,34)(H,31,32). The van der Waals surface area contributed by atoms with Crippen molar-refractivity contribution < 1.29 is 42.5 Å². The van der Waals surface area contributed by atoms with Gasteiger partial charge in [-0.3, -0.25) is 9.59 Å². The third kappa shape index (κ3) is 6.72. The van der Waals surface area contributed by atoms with Crippen LogP contribution >= 0.6 is 0 Å². The van der Waals surface area contributed by atoms with Crippen LogP contribution in [0.2, 0.25) is 0 Å². The number of rotatable bonds is 10. The molecule has 2 amide bonds. The molecule has 0 heterocycles. The number of alkyl carbamates (subject to hydrolysis) is 1. The van der Waals surface area contributed by atoms with Crippen molar-refractivity contribution in [3.05, 3.63) is 59.7 Å². The van der Waals surface area contributed by atoms with E-state index in [0.29, 0.717) is 0 Å². The van der Waals surface area contributed by atoms with Crippen molar-refractivity contribution >= 4 is 18.0 Å². The molecule has 0 radical (unpaired) electrons. The minimum Gasteiger partial charge on any atom is -0.481 e. The van der Waals surface area contributed by atoms with Crippen molar-refractivity contribution in [1.29, 1.82) is 0 Å². The molecule has 0 fully saturated rings. The van der Waals surface area contributed by atoms with Gasteiger partial charge >= 0.3 is 18.2 Å². The van der Waals surface area contributed by atoms with E-state index in [0.717, 1.165) is 22.3 Å². The fourth-order valence-corrected chi connectivity index (χ4v) is 3.94. The molecule has 2 atom stereocenters. The molecule has 0 aromatic heterocycles. The average molecular weight is 494 g/mol. The van der Waals surface area contributed by atoms with Crippen LogP contribution in [0.15, 0.2) is 48.5 Å². The second kappa shape index (κ2) is 11.2. The monoisotopic (exact) mass is 494 g/mol. The summed E-state index contributed by atoms with van der Waals surface area (Å²) in [7, 11) is 0. The highest BCUT2D eigenvalue weighted by Crippen LogP contribution is 2.44. The number of carbonyl (C=O) groups is 3. The predicted octanol–water partition coefficient (Wildman–Crippen LogP) is 3.19. The largest absolute Gasteiger partial charge is 0.481 e. The first-order valence-corrected chi connectivity index (χ1v) is 10.9. The Balaban J connectivity index is 1.59. The van der Waals surface area contributed by atoms with Crippen LogP contribution in [-0.4, -0.2) is 59.7 Å². The first kappa shape index (κ1) is 26.0. The Morgan fingerprint density at radius 2 is 1.54 bits per heavy atom. The van der Waals surface area contributed by atoms with E-state index < -0.39 is 55.7 Å². The second-order valence-corrected chi connectivity index (χ2v) is 8.09. The molecule has 0 aliphatic heterocycles. The maximum Gasteiger partial charge on any atom is 0.414 e. The zero-order valence-corrected chi connectivity index (χ0v) is 18.5. The lowest BCUT2D eigenvalue weighted by Gasteiger charge is -2.20. The number of carboxylic acid groups (broad SMARTS) is 1. The van der Waals surface area contributed by atoms with Crippen molar-refractivity contribution in [3.63, 3.8) is 0 Å². The maximum atomic E-state index is 12.4. The van der Waals surface area contributed by atoms with E-state index in [9.17, 15) is 27.6 Å². The van der Waals surface area contributed by atoms with E-state index in [2.05, 4.69) is 10.6 Å². The molecule has 4 N–H and O–H groups in total. The number of alkyl halides is 3. The highest BCUT2D eigenvalue weighted by Gasteiger charge is 2.37. The van der Waals surface area contributed by atoms with E-state index >= 15 is 0 Å². The molecule has 2 unspecified atom stereocenters. The number of carboxylic acids is 1. The van der Waals surface area contributed by atoms with Crippen LogP contribution in [0, 0.1) is 0 Å². The number of hydrogen-bond acceptors (Lipinski definition) is 5. The molecule has 2 aromatic rings. The van der Waals surface area contributed by atoms with E-state index in [-0.39, 0.29) is 18.9 Å². The van der Waals surface area contributed by atoms with E-state index in [1.165, 1.54) is 0 Å². The van der Waals surface area contributed by atoms with Crippen molar-refractivity contribution in [3.8, 4) is 11.1 Å². The van der Waals surface area contributed by atoms with Gasteiger partial charge in [-0.25, -0.2) is 4.79 Å². The molecule has 11 heteroatoms. The number of fused-ring (bicyclic) bond motifs is 3. The Bertz CT molecular complexity index is 1030. The molecule has 1 aliphatic carbocycles. The Kier molecular flexibility index (Phi) is 8.34. The summed E-state index contributed by atoms with van der Waals surface area (Å²) >= 11 is 0. The van der Waals surface area contributed by atoms with Crippen molar-refractivity contribution in [2.75, 3.05) is 13.2 Å². The summed E-state index contributed by atoms with van der Waals surface area (Å²) in [6, 6.07) is 14.0. The molecule has 3 rings (SSSR count). The number of benzene rings is 2. The van der Waals surface area contributed by atoms with Gasteiger partial charge in [0.25, 0.3) is 0 Å². The SMILES string of the molecule is O=C(O)CCC(NC(=O)OCC1c2ccccc2-c2ccccc21)C(=O)NCCC(O)C(F)(F)F. The third-order valence-electron chi connectivity index (χ3n) is 5.69. The Morgan fingerprint density at radius 3 is 2.09 bits per heavy atom. The molecular weight excluding hydrogens is 469 g/mol. The number of ether oxygens (including phenoxy) is 1.